The van der Waals surface area contributed by atoms with Gasteiger partial charge in [-0.3, -0.25) is 4.79 Å². The van der Waals surface area contributed by atoms with Crippen LogP contribution in [0.15, 0.2) is 18.2 Å². The van der Waals surface area contributed by atoms with Crippen molar-refractivity contribution >= 4 is 34.4 Å². The summed E-state index contributed by atoms with van der Waals surface area (Å²) in [4.78, 5) is 26.0. The Morgan fingerprint density at radius 2 is 2.23 bits per heavy atom. The van der Waals surface area contributed by atoms with Gasteiger partial charge in [-0.2, -0.15) is 0 Å². The molecule has 0 aliphatic carbocycles. The van der Waals surface area contributed by atoms with Crippen molar-refractivity contribution in [3.05, 3.63) is 34.7 Å². The van der Waals surface area contributed by atoms with Crippen LogP contribution in [0, 0.1) is 5.82 Å². The van der Waals surface area contributed by atoms with Crippen molar-refractivity contribution in [2.45, 2.75) is 12.5 Å². The number of H-pyrrole nitrogens is 1. The Bertz CT molecular complexity index is 716. The Morgan fingerprint density at radius 3 is 2.86 bits per heavy atom. The molecule has 2 rings (SSSR count). The van der Waals surface area contributed by atoms with Crippen LogP contribution < -0.4 is 5.32 Å². The van der Waals surface area contributed by atoms with Crippen molar-refractivity contribution in [2.24, 2.45) is 0 Å². The molecule has 1 amide bonds. The van der Waals surface area contributed by atoms with Crippen LogP contribution in [0.4, 0.5) is 4.39 Å². The molecule has 1 aromatic carbocycles. The van der Waals surface area contributed by atoms with E-state index in [1.165, 1.54) is 25.3 Å². The van der Waals surface area contributed by atoms with Gasteiger partial charge in [0.05, 0.1) is 5.02 Å². The average molecular weight is 329 g/mol. The van der Waals surface area contributed by atoms with Crippen LogP contribution >= 0.6 is 11.6 Å². The van der Waals surface area contributed by atoms with Gasteiger partial charge >= 0.3 is 5.97 Å². The second-order valence-corrected chi connectivity index (χ2v) is 5.03. The number of ether oxygens (including phenoxy) is 1. The van der Waals surface area contributed by atoms with E-state index < -0.39 is 23.7 Å². The fourth-order valence-corrected chi connectivity index (χ4v) is 2.30. The van der Waals surface area contributed by atoms with Crippen LogP contribution in [0.3, 0.4) is 0 Å². The number of carbonyl (C=O) groups is 2. The highest BCUT2D eigenvalue weighted by atomic mass is 35.5. The molecule has 0 bridgehead atoms. The largest absolute Gasteiger partial charge is 0.480 e. The average Bonchev–Trinajstić information content (AvgIpc) is 2.80. The summed E-state index contributed by atoms with van der Waals surface area (Å²) in [6.07, 6.45) is 0.115. The number of rotatable bonds is 6. The first-order valence-corrected chi connectivity index (χ1v) is 6.81. The smallest absolute Gasteiger partial charge is 0.326 e. The van der Waals surface area contributed by atoms with Gasteiger partial charge in [0, 0.05) is 31.0 Å². The van der Waals surface area contributed by atoms with Gasteiger partial charge in [-0.15, -0.1) is 0 Å². The second-order valence-electron chi connectivity index (χ2n) is 4.65. The van der Waals surface area contributed by atoms with Crippen LogP contribution in [0.2, 0.25) is 5.02 Å². The molecule has 118 valence electrons. The lowest BCUT2D eigenvalue weighted by atomic mass is 10.2. The number of carboxylic acid groups (broad SMARTS) is 1. The first-order valence-electron chi connectivity index (χ1n) is 6.43. The Morgan fingerprint density at radius 1 is 1.50 bits per heavy atom. The predicted octanol–water partition coefficient (Wildman–Crippen LogP) is 2.18. The van der Waals surface area contributed by atoms with Crippen molar-refractivity contribution in [2.75, 3.05) is 13.7 Å². The number of amides is 1. The molecule has 8 heteroatoms. The Balaban J connectivity index is 2.25. The van der Waals surface area contributed by atoms with Crippen LogP contribution in [-0.2, 0) is 9.53 Å². The molecule has 1 heterocycles. The minimum Gasteiger partial charge on any atom is -0.480 e. The van der Waals surface area contributed by atoms with E-state index in [-0.39, 0.29) is 23.7 Å². The van der Waals surface area contributed by atoms with Gasteiger partial charge in [-0.05, 0) is 18.2 Å². The van der Waals surface area contributed by atoms with Gasteiger partial charge < -0.3 is 20.1 Å². The van der Waals surface area contributed by atoms with E-state index in [1.54, 1.807) is 0 Å². The standard InChI is InChI=1S/C14H14ClFN2O4/c1-22-5-4-10(14(20)21)18-13(19)12-11(15)8-6-7(16)2-3-9(8)17-12/h2-3,6,10,17H,4-5H2,1H3,(H,18,19)(H,20,21). The maximum atomic E-state index is 13.2. The zero-order chi connectivity index (χ0) is 16.3. The monoisotopic (exact) mass is 328 g/mol. The zero-order valence-electron chi connectivity index (χ0n) is 11.7. The molecular formula is C14H14ClFN2O4. The van der Waals surface area contributed by atoms with E-state index in [9.17, 15) is 14.0 Å². The zero-order valence-corrected chi connectivity index (χ0v) is 12.4. The quantitative estimate of drug-likeness (QED) is 0.758. The summed E-state index contributed by atoms with van der Waals surface area (Å²) in [6, 6.07) is 2.78. The molecule has 0 fully saturated rings. The minimum atomic E-state index is -1.18. The highest BCUT2D eigenvalue weighted by Crippen LogP contribution is 2.28. The lowest BCUT2D eigenvalue weighted by molar-refractivity contribution is -0.139. The molecule has 0 saturated heterocycles. The van der Waals surface area contributed by atoms with E-state index in [2.05, 4.69) is 10.3 Å². The van der Waals surface area contributed by atoms with Crippen molar-refractivity contribution in [1.82, 2.24) is 10.3 Å². The SMILES string of the molecule is COCCC(NC(=O)c1[nH]c2ccc(F)cc2c1Cl)C(=O)O. The van der Waals surface area contributed by atoms with Gasteiger partial charge in [-0.1, -0.05) is 11.6 Å². The van der Waals surface area contributed by atoms with Crippen molar-refractivity contribution in [3.63, 3.8) is 0 Å². The maximum absolute atomic E-state index is 13.2. The van der Waals surface area contributed by atoms with Crippen molar-refractivity contribution in [3.8, 4) is 0 Å². The normalized spacial score (nSPS) is 12.3. The van der Waals surface area contributed by atoms with Gasteiger partial charge in [0.25, 0.3) is 5.91 Å². The molecular weight excluding hydrogens is 315 g/mol. The summed E-state index contributed by atoms with van der Waals surface area (Å²) in [5.41, 5.74) is 0.478. The second kappa shape index (κ2) is 6.76. The van der Waals surface area contributed by atoms with Gasteiger partial charge in [-0.25, -0.2) is 9.18 Å². The maximum Gasteiger partial charge on any atom is 0.326 e. The van der Waals surface area contributed by atoms with Crippen molar-refractivity contribution < 1.29 is 23.8 Å². The minimum absolute atomic E-state index is 0.00839. The molecule has 0 spiro atoms. The van der Waals surface area contributed by atoms with Crippen molar-refractivity contribution in [1.29, 1.82) is 0 Å². The van der Waals surface area contributed by atoms with Crippen LogP contribution in [-0.4, -0.2) is 41.7 Å². The van der Waals surface area contributed by atoms with Crippen LogP contribution in [0.1, 0.15) is 16.9 Å². The third-order valence-corrected chi connectivity index (χ3v) is 3.53. The molecule has 1 atom stereocenters. The molecule has 1 unspecified atom stereocenters. The Kier molecular flexibility index (Phi) is 4.99. The highest BCUT2D eigenvalue weighted by Gasteiger charge is 2.23. The van der Waals surface area contributed by atoms with Gasteiger partial charge in [0.1, 0.15) is 17.6 Å². The number of aromatic amines is 1. The summed E-state index contributed by atoms with van der Waals surface area (Å²) < 4.78 is 18.0. The molecule has 22 heavy (non-hydrogen) atoms. The number of carbonyl (C=O) groups excluding carboxylic acids is 1. The van der Waals surface area contributed by atoms with Gasteiger partial charge in [0.2, 0.25) is 0 Å². The lowest BCUT2D eigenvalue weighted by Gasteiger charge is -2.13. The first kappa shape index (κ1) is 16.3. The van der Waals surface area contributed by atoms with E-state index in [0.717, 1.165) is 0 Å². The highest BCUT2D eigenvalue weighted by molar-refractivity contribution is 6.38. The Hall–Kier alpha value is -2.12. The van der Waals surface area contributed by atoms with Crippen LogP contribution in [0.25, 0.3) is 10.9 Å². The molecule has 0 saturated carbocycles. The summed E-state index contributed by atoms with van der Waals surface area (Å²) in [5.74, 6) is -2.34. The third kappa shape index (κ3) is 3.37. The fourth-order valence-electron chi connectivity index (χ4n) is 2.01. The number of hydrogen-bond donors (Lipinski definition) is 3. The number of benzene rings is 1. The van der Waals surface area contributed by atoms with E-state index in [4.69, 9.17) is 21.4 Å². The topological polar surface area (TPSA) is 91.4 Å². The summed E-state index contributed by atoms with van der Waals surface area (Å²) in [5, 5.41) is 11.8. The van der Waals surface area contributed by atoms with E-state index >= 15 is 0 Å². The number of aromatic nitrogens is 1. The molecule has 0 aliphatic rings. The number of fused-ring (bicyclic) bond motifs is 1. The lowest BCUT2D eigenvalue weighted by Crippen LogP contribution is -2.41. The molecule has 2 aromatic rings. The third-order valence-electron chi connectivity index (χ3n) is 3.14. The fraction of sp³-hybridized carbons (Fsp3) is 0.286. The number of nitrogens with one attached hydrogen (secondary N) is 2. The molecule has 0 radical (unpaired) electrons. The first-order chi connectivity index (χ1) is 10.4. The summed E-state index contributed by atoms with van der Waals surface area (Å²) in [6.45, 7) is 0.183. The summed E-state index contributed by atoms with van der Waals surface area (Å²) in [7, 11) is 1.43. The number of hydrogen-bond acceptors (Lipinski definition) is 3. The molecule has 0 aliphatic heterocycles. The van der Waals surface area contributed by atoms with Crippen LogP contribution in [0.5, 0.6) is 0 Å². The van der Waals surface area contributed by atoms with Gasteiger partial charge in [0.15, 0.2) is 0 Å². The molecule has 6 nitrogen and oxygen atoms in total. The number of aliphatic carboxylic acids is 1. The summed E-state index contributed by atoms with van der Waals surface area (Å²) >= 11 is 6.06. The Labute approximate surface area is 130 Å². The predicted molar refractivity (Wildman–Crippen MR) is 78.6 cm³/mol. The number of carboxylic acids is 1. The molecule has 1 aromatic heterocycles. The van der Waals surface area contributed by atoms with E-state index in [0.29, 0.717) is 10.9 Å². The number of halogens is 2. The van der Waals surface area contributed by atoms with E-state index in [1.807, 2.05) is 0 Å². The number of methoxy groups -OCH3 is 1. The molecule has 3 N–H and O–H groups in total.